The summed E-state index contributed by atoms with van der Waals surface area (Å²) in [6.45, 7) is 3.30. The number of hydrogen-bond acceptors (Lipinski definition) is 6. The number of hydrogen-bond donors (Lipinski definition) is 3. The number of aromatic nitrogens is 2. The molecule has 9 heteroatoms. The van der Waals surface area contributed by atoms with Crippen LogP contribution in [0.25, 0.3) is 11.1 Å². The maximum absolute atomic E-state index is 13.1. The number of carbonyl (C=O) groups is 3. The highest BCUT2D eigenvalue weighted by Gasteiger charge is 2.29. The fourth-order valence-electron chi connectivity index (χ4n) is 3.99. The van der Waals surface area contributed by atoms with E-state index < -0.39 is 29.4 Å². The van der Waals surface area contributed by atoms with Gasteiger partial charge in [0, 0.05) is 6.20 Å². The molecule has 1 aromatic heterocycles. The molecule has 0 aliphatic carbocycles. The van der Waals surface area contributed by atoms with Gasteiger partial charge in [0.15, 0.2) is 5.82 Å². The number of imidazole rings is 1. The van der Waals surface area contributed by atoms with Crippen LogP contribution in [-0.4, -0.2) is 45.8 Å². The number of amides is 2. The van der Waals surface area contributed by atoms with Gasteiger partial charge in [-0.05, 0) is 36.1 Å². The Hall–Kier alpha value is -4.60. The van der Waals surface area contributed by atoms with E-state index in [0.29, 0.717) is 0 Å². The van der Waals surface area contributed by atoms with Crippen molar-refractivity contribution in [3.8, 4) is 11.1 Å². The molecule has 0 radical (unpaired) electrons. The van der Waals surface area contributed by atoms with E-state index in [0.717, 1.165) is 28.5 Å². The third-order valence-corrected chi connectivity index (χ3v) is 6.27. The second kappa shape index (κ2) is 13.0. The van der Waals surface area contributed by atoms with Gasteiger partial charge < -0.3 is 30.5 Å². The minimum atomic E-state index is -1.19. The lowest BCUT2D eigenvalue weighted by Crippen LogP contribution is -2.56. The lowest BCUT2D eigenvalue weighted by Gasteiger charge is -2.23. The number of rotatable bonds is 12. The molecule has 2 atom stereocenters. The molecule has 9 nitrogen and oxygen atoms in total. The second-order valence-electron chi connectivity index (χ2n) is 10.0. The highest BCUT2D eigenvalue weighted by molar-refractivity contribution is 5.98. The van der Waals surface area contributed by atoms with Crippen LogP contribution in [0.2, 0.25) is 0 Å². The molecule has 0 aliphatic heterocycles. The van der Waals surface area contributed by atoms with Crippen LogP contribution in [0.3, 0.4) is 0 Å². The van der Waals surface area contributed by atoms with Crippen molar-refractivity contribution in [2.75, 3.05) is 11.9 Å². The number of nitrogens with two attached hydrogens (primary N) is 1. The summed E-state index contributed by atoms with van der Waals surface area (Å²) in [7, 11) is 0. The predicted octanol–water partition coefficient (Wildman–Crippen LogP) is 3.72. The molecule has 206 valence electrons. The predicted molar refractivity (Wildman–Crippen MR) is 153 cm³/mol. The summed E-state index contributed by atoms with van der Waals surface area (Å²) in [6.07, 6.45) is 3.86. The molecule has 4 aromatic rings. The van der Waals surface area contributed by atoms with Crippen molar-refractivity contribution in [2.45, 2.75) is 38.1 Å². The van der Waals surface area contributed by atoms with Gasteiger partial charge in [-0.2, -0.15) is 0 Å². The molecule has 0 bridgehead atoms. The number of nitrogens with one attached hydrogen (secondary N) is 2. The van der Waals surface area contributed by atoms with E-state index in [4.69, 9.17) is 10.5 Å². The maximum atomic E-state index is 13.1. The van der Waals surface area contributed by atoms with Crippen molar-refractivity contribution in [1.29, 1.82) is 0 Å². The van der Waals surface area contributed by atoms with Gasteiger partial charge in [0.1, 0.15) is 18.4 Å². The molecular formula is C31H33N5O4. The van der Waals surface area contributed by atoms with Crippen LogP contribution in [0.1, 0.15) is 31.0 Å². The third-order valence-electron chi connectivity index (χ3n) is 6.27. The summed E-state index contributed by atoms with van der Waals surface area (Å²) in [4.78, 5) is 42.0. The SMILES string of the molecule is CC(C)(N)C(=O)NC(COCc1ccccc1)C(=O)Nc1cn(C(C=O)c2ccc(-c3ccccc3)cc2)cn1. The fraction of sp³-hybridized carbons (Fsp3) is 0.226. The van der Waals surface area contributed by atoms with Crippen molar-refractivity contribution >= 4 is 23.9 Å². The Morgan fingerprint density at radius 2 is 1.60 bits per heavy atom. The van der Waals surface area contributed by atoms with E-state index in [2.05, 4.69) is 15.6 Å². The molecular weight excluding hydrogens is 506 g/mol. The summed E-state index contributed by atoms with van der Waals surface area (Å²) in [5.74, 6) is -0.792. The average Bonchev–Trinajstić information content (AvgIpc) is 3.41. The average molecular weight is 540 g/mol. The third kappa shape index (κ3) is 7.49. The van der Waals surface area contributed by atoms with Crippen LogP contribution in [0.5, 0.6) is 0 Å². The van der Waals surface area contributed by atoms with E-state index in [1.807, 2.05) is 84.9 Å². The minimum Gasteiger partial charge on any atom is -0.374 e. The molecule has 0 fully saturated rings. The first-order chi connectivity index (χ1) is 19.2. The van der Waals surface area contributed by atoms with E-state index in [9.17, 15) is 14.4 Å². The minimum absolute atomic E-state index is 0.0754. The maximum Gasteiger partial charge on any atom is 0.250 e. The van der Waals surface area contributed by atoms with Gasteiger partial charge in [-0.3, -0.25) is 9.59 Å². The van der Waals surface area contributed by atoms with Crippen LogP contribution >= 0.6 is 0 Å². The molecule has 0 spiro atoms. The monoisotopic (exact) mass is 539 g/mol. The van der Waals surface area contributed by atoms with Crippen molar-refractivity contribution in [3.63, 3.8) is 0 Å². The lowest BCUT2D eigenvalue weighted by molar-refractivity contribution is -0.130. The zero-order chi connectivity index (χ0) is 28.5. The van der Waals surface area contributed by atoms with Crippen molar-refractivity contribution in [1.82, 2.24) is 14.9 Å². The van der Waals surface area contributed by atoms with Crippen LogP contribution in [0.4, 0.5) is 5.82 Å². The Balaban J connectivity index is 1.44. The van der Waals surface area contributed by atoms with Crippen molar-refractivity contribution in [2.24, 2.45) is 5.73 Å². The molecule has 2 unspecified atom stereocenters. The number of benzene rings is 3. The molecule has 0 saturated carbocycles. The number of ether oxygens (including phenoxy) is 1. The number of anilines is 1. The standard InChI is InChI=1S/C31H33N5O4/c1-31(2,32)30(39)34-26(20-40-19-22-9-5-3-6-10-22)29(38)35-28-17-36(21-33-28)27(18-37)25-15-13-24(14-16-25)23-11-7-4-8-12-23/h3-18,21,26-27H,19-20,32H2,1-2H3,(H,34,39)(H,35,38). The number of nitrogens with zero attached hydrogens (tertiary/aromatic N) is 2. The Morgan fingerprint density at radius 3 is 2.23 bits per heavy atom. The van der Waals surface area contributed by atoms with E-state index in [1.165, 1.54) is 6.33 Å². The Morgan fingerprint density at radius 1 is 0.975 bits per heavy atom. The molecule has 4 N–H and O–H groups in total. The van der Waals surface area contributed by atoms with Gasteiger partial charge in [-0.25, -0.2) is 4.98 Å². The van der Waals surface area contributed by atoms with Crippen molar-refractivity contribution < 1.29 is 19.1 Å². The summed E-state index contributed by atoms with van der Waals surface area (Å²) in [6, 6.07) is 25.5. The smallest absolute Gasteiger partial charge is 0.250 e. The normalized spacial score (nSPS) is 12.8. The van der Waals surface area contributed by atoms with E-state index in [1.54, 1.807) is 24.6 Å². The zero-order valence-corrected chi connectivity index (χ0v) is 22.5. The first-order valence-corrected chi connectivity index (χ1v) is 12.9. The zero-order valence-electron chi connectivity index (χ0n) is 22.5. The van der Waals surface area contributed by atoms with Crippen LogP contribution < -0.4 is 16.4 Å². The fourth-order valence-corrected chi connectivity index (χ4v) is 3.99. The number of aldehydes is 1. The molecule has 2 amide bonds. The highest BCUT2D eigenvalue weighted by atomic mass is 16.5. The highest BCUT2D eigenvalue weighted by Crippen LogP contribution is 2.24. The second-order valence-corrected chi connectivity index (χ2v) is 10.0. The molecule has 40 heavy (non-hydrogen) atoms. The van der Waals surface area contributed by atoms with Crippen molar-refractivity contribution in [3.05, 3.63) is 109 Å². The Kier molecular flexibility index (Phi) is 9.21. The van der Waals surface area contributed by atoms with Crippen LogP contribution in [0.15, 0.2) is 97.5 Å². The van der Waals surface area contributed by atoms with Gasteiger partial charge in [0.05, 0.1) is 25.1 Å². The largest absolute Gasteiger partial charge is 0.374 e. The lowest BCUT2D eigenvalue weighted by atomic mass is 10.0. The Labute approximate surface area is 233 Å². The first kappa shape index (κ1) is 28.4. The van der Waals surface area contributed by atoms with Gasteiger partial charge in [-0.15, -0.1) is 0 Å². The van der Waals surface area contributed by atoms with Gasteiger partial charge >= 0.3 is 0 Å². The summed E-state index contributed by atoms with van der Waals surface area (Å²) in [5.41, 5.74) is 8.55. The van der Waals surface area contributed by atoms with E-state index >= 15 is 0 Å². The van der Waals surface area contributed by atoms with Crippen LogP contribution in [-0.2, 0) is 25.7 Å². The topological polar surface area (TPSA) is 128 Å². The first-order valence-electron chi connectivity index (χ1n) is 12.9. The molecule has 0 saturated heterocycles. The Bertz CT molecular complexity index is 1410. The van der Waals surface area contributed by atoms with Gasteiger partial charge in [0.2, 0.25) is 5.91 Å². The molecule has 4 rings (SSSR count). The van der Waals surface area contributed by atoms with Gasteiger partial charge in [0.25, 0.3) is 5.91 Å². The summed E-state index contributed by atoms with van der Waals surface area (Å²) < 4.78 is 7.34. The molecule has 0 aliphatic rings. The van der Waals surface area contributed by atoms with E-state index in [-0.39, 0.29) is 19.0 Å². The molecule has 1 heterocycles. The number of carbonyl (C=O) groups excluding carboxylic acids is 3. The van der Waals surface area contributed by atoms with Crippen LogP contribution in [0, 0.1) is 0 Å². The quantitative estimate of drug-likeness (QED) is 0.236. The summed E-state index contributed by atoms with van der Waals surface area (Å²) in [5, 5.41) is 5.36. The molecule has 3 aromatic carbocycles. The summed E-state index contributed by atoms with van der Waals surface area (Å²) >= 11 is 0. The van der Waals surface area contributed by atoms with Gasteiger partial charge in [-0.1, -0.05) is 84.9 Å².